The zero-order valence-electron chi connectivity index (χ0n) is 18.5. The van der Waals surface area contributed by atoms with E-state index < -0.39 is 17.7 Å². The zero-order chi connectivity index (χ0) is 23.4. The van der Waals surface area contributed by atoms with Gasteiger partial charge in [-0.05, 0) is 53.9 Å². The summed E-state index contributed by atoms with van der Waals surface area (Å²) < 4.78 is 10.4. The highest BCUT2D eigenvalue weighted by Crippen LogP contribution is 2.40. The van der Waals surface area contributed by atoms with Gasteiger partial charge in [-0.1, -0.05) is 42.5 Å². The third-order valence-electron chi connectivity index (χ3n) is 5.82. The lowest BCUT2D eigenvalue weighted by atomic mass is 9.95. The molecule has 1 aliphatic heterocycles. The van der Waals surface area contributed by atoms with E-state index in [9.17, 15) is 14.7 Å². The van der Waals surface area contributed by atoms with Crippen LogP contribution in [0.3, 0.4) is 0 Å². The van der Waals surface area contributed by atoms with Crippen LogP contribution in [0, 0.1) is 0 Å². The number of amides is 1. The molecule has 168 valence electrons. The number of aliphatic hydroxyl groups is 1. The van der Waals surface area contributed by atoms with Gasteiger partial charge in [-0.15, -0.1) is 0 Å². The van der Waals surface area contributed by atoms with E-state index in [0.29, 0.717) is 30.0 Å². The monoisotopic (exact) mass is 443 g/mol. The maximum absolute atomic E-state index is 13.1. The predicted octanol–water partition coefficient (Wildman–Crippen LogP) is 4.37. The van der Waals surface area contributed by atoms with Crippen molar-refractivity contribution in [3.05, 3.63) is 101 Å². The lowest BCUT2D eigenvalue weighted by Crippen LogP contribution is -2.31. The molecule has 0 radical (unpaired) electrons. The Morgan fingerprint density at radius 1 is 0.848 bits per heavy atom. The first-order valence-electron chi connectivity index (χ1n) is 10.6. The van der Waals surface area contributed by atoms with Gasteiger partial charge >= 0.3 is 0 Å². The van der Waals surface area contributed by atoms with Gasteiger partial charge < -0.3 is 19.5 Å². The third kappa shape index (κ3) is 4.46. The van der Waals surface area contributed by atoms with Crippen LogP contribution in [-0.2, 0) is 16.0 Å². The number of carbonyl (C=O) groups excluding carboxylic acids is 2. The number of hydrogen-bond acceptors (Lipinski definition) is 5. The Morgan fingerprint density at radius 3 is 2.00 bits per heavy atom. The first kappa shape index (κ1) is 22.1. The Kier molecular flexibility index (Phi) is 6.45. The van der Waals surface area contributed by atoms with Crippen molar-refractivity contribution in [3.8, 4) is 11.5 Å². The molecular formula is C27H25NO5. The molecule has 1 amide bonds. The van der Waals surface area contributed by atoms with Gasteiger partial charge in [0.05, 0.1) is 25.8 Å². The Balaban J connectivity index is 1.77. The van der Waals surface area contributed by atoms with Crippen molar-refractivity contribution in [3.63, 3.8) is 0 Å². The van der Waals surface area contributed by atoms with Crippen LogP contribution in [0.5, 0.6) is 11.5 Å². The van der Waals surface area contributed by atoms with E-state index in [1.165, 1.54) is 4.90 Å². The molecule has 4 rings (SSSR count). The summed E-state index contributed by atoms with van der Waals surface area (Å²) >= 11 is 0. The van der Waals surface area contributed by atoms with Crippen LogP contribution >= 0.6 is 0 Å². The largest absolute Gasteiger partial charge is 0.507 e. The fraction of sp³-hybridized carbons (Fsp3) is 0.185. The number of likely N-dealkylation sites (tertiary alicyclic amines) is 1. The molecule has 6 heteroatoms. The summed E-state index contributed by atoms with van der Waals surface area (Å²) in [6.45, 7) is 0.338. The molecule has 0 aromatic heterocycles. The van der Waals surface area contributed by atoms with Gasteiger partial charge in [0.15, 0.2) is 0 Å². The molecular weight excluding hydrogens is 418 g/mol. The minimum Gasteiger partial charge on any atom is -0.507 e. The van der Waals surface area contributed by atoms with E-state index >= 15 is 0 Å². The average molecular weight is 443 g/mol. The second kappa shape index (κ2) is 9.61. The fourth-order valence-electron chi connectivity index (χ4n) is 4.04. The first-order chi connectivity index (χ1) is 16.0. The van der Waals surface area contributed by atoms with Crippen molar-refractivity contribution < 1.29 is 24.2 Å². The number of carbonyl (C=O) groups is 2. The first-order valence-corrected chi connectivity index (χ1v) is 10.6. The lowest BCUT2D eigenvalue weighted by Gasteiger charge is -2.25. The number of ether oxygens (including phenoxy) is 2. The highest BCUT2D eigenvalue weighted by atomic mass is 16.5. The summed E-state index contributed by atoms with van der Waals surface area (Å²) in [6, 6.07) is 23.0. The Labute approximate surface area is 192 Å². The molecule has 1 saturated heterocycles. The summed E-state index contributed by atoms with van der Waals surface area (Å²) in [5.74, 6) is -0.241. The fourth-order valence-corrected chi connectivity index (χ4v) is 4.04. The molecule has 33 heavy (non-hydrogen) atoms. The minimum absolute atomic E-state index is 0.0726. The summed E-state index contributed by atoms with van der Waals surface area (Å²) in [6.07, 6.45) is 0.586. The maximum Gasteiger partial charge on any atom is 0.295 e. The zero-order valence-corrected chi connectivity index (χ0v) is 18.5. The van der Waals surface area contributed by atoms with E-state index in [2.05, 4.69) is 0 Å². The van der Waals surface area contributed by atoms with Crippen LogP contribution in [0.2, 0.25) is 0 Å². The van der Waals surface area contributed by atoms with Crippen LogP contribution in [0.15, 0.2) is 84.4 Å². The normalized spacial score (nSPS) is 17.3. The van der Waals surface area contributed by atoms with E-state index in [-0.39, 0.29) is 11.3 Å². The second-order valence-corrected chi connectivity index (χ2v) is 7.73. The number of benzene rings is 3. The van der Waals surface area contributed by atoms with Gasteiger partial charge in [0.1, 0.15) is 17.3 Å². The number of nitrogens with zero attached hydrogens (tertiary/aromatic N) is 1. The number of hydrogen-bond donors (Lipinski definition) is 1. The molecule has 0 aliphatic carbocycles. The maximum atomic E-state index is 13.1. The SMILES string of the molecule is COc1ccc(C(O)=C2C(=O)C(=O)N(CCc3ccccc3)[C@H]2c2ccc(OC)cc2)cc1. The van der Waals surface area contributed by atoms with Gasteiger partial charge in [-0.3, -0.25) is 9.59 Å². The number of Topliss-reactive ketones (excluding diaryl/α,β-unsaturated/α-hetero) is 1. The molecule has 0 spiro atoms. The molecule has 3 aromatic carbocycles. The number of rotatable bonds is 7. The van der Waals surface area contributed by atoms with E-state index in [4.69, 9.17) is 9.47 Å². The van der Waals surface area contributed by atoms with Gasteiger partial charge in [0, 0.05) is 12.1 Å². The molecule has 1 aliphatic rings. The van der Waals surface area contributed by atoms with Gasteiger partial charge in [-0.25, -0.2) is 0 Å². The number of methoxy groups -OCH3 is 2. The highest BCUT2D eigenvalue weighted by molar-refractivity contribution is 6.46. The number of aliphatic hydroxyl groups excluding tert-OH is 1. The predicted molar refractivity (Wildman–Crippen MR) is 125 cm³/mol. The van der Waals surface area contributed by atoms with Crippen molar-refractivity contribution in [2.75, 3.05) is 20.8 Å². The van der Waals surface area contributed by atoms with Gasteiger partial charge in [-0.2, -0.15) is 0 Å². The van der Waals surface area contributed by atoms with Crippen molar-refractivity contribution in [2.24, 2.45) is 0 Å². The van der Waals surface area contributed by atoms with Crippen LogP contribution < -0.4 is 9.47 Å². The highest BCUT2D eigenvalue weighted by Gasteiger charge is 2.45. The molecule has 0 saturated carbocycles. The van der Waals surface area contributed by atoms with Crippen LogP contribution in [0.1, 0.15) is 22.7 Å². The molecule has 1 heterocycles. The average Bonchev–Trinajstić information content (AvgIpc) is 3.12. The molecule has 1 fully saturated rings. The van der Waals surface area contributed by atoms with Crippen LogP contribution in [-0.4, -0.2) is 42.5 Å². The van der Waals surface area contributed by atoms with Crippen molar-refractivity contribution in [2.45, 2.75) is 12.5 Å². The van der Waals surface area contributed by atoms with Crippen LogP contribution in [0.4, 0.5) is 0 Å². The summed E-state index contributed by atoms with van der Waals surface area (Å²) in [4.78, 5) is 27.7. The van der Waals surface area contributed by atoms with E-state index in [1.807, 2.05) is 42.5 Å². The van der Waals surface area contributed by atoms with Gasteiger partial charge in [0.2, 0.25) is 0 Å². The van der Waals surface area contributed by atoms with Crippen molar-refractivity contribution >= 4 is 17.4 Å². The second-order valence-electron chi connectivity index (χ2n) is 7.73. The molecule has 3 aromatic rings. The molecule has 0 unspecified atom stereocenters. The summed E-state index contributed by atoms with van der Waals surface area (Å²) in [5.41, 5.74) is 2.29. The van der Waals surface area contributed by atoms with Gasteiger partial charge in [0.25, 0.3) is 11.7 Å². The quantitative estimate of drug-likeness (QED) is 0.333. The third-order valence-corrected chi connectivity index (χ3v) is 5.82. The summed E-state index contributed by atoms with van der Waals surface area (Å²) in [7, 11) is 3.13. The molecule has 0 bridgehead atoms. The minimum atomic E-state index is -0.707. The number of ketones is 1. The summed E-state index contributed by atoms with van der Waals surface area (Å²) in [5, 5.41) is 11.1. The van der Waals surface area contributed by atoms with Crippen LogP contribution in [0.25, 0.3) is 5.76 Å². The van der Waals surface area contributed by atoms with Crippen molar-refractivity contribution in [1.82, 2.24) is 4.90 Å². The standard InChI is InChI=1S/C27H25NO5/c1-32-21-12-8-19(9-13-21)24-23(25(29)20-10-14-22(33-2)15-11-20)26(30)27(31)28(24)17-16-18-6-4-3-5-7-18/h3-15,24,29H,16-17H2,1-2H3/t24-/m0/s1. The molecule has 6 nitrogen and oxygen atoms in total. The smallest absolute Gasteiger partial charge is 0.295 e. The topological polar surface area (TPSA) is 76.1 Å². The molecule has 1 N–H and O–H groups in total. The molecule has 1 atom stereocenters. The Morgan fingerprint density at radius 2 is 1.42 bits per heavy atom. The van der Waals surface area contributed by atoms with Crippen molar-refractivity contribution in [1.29, 1.82) is 0 Å². The Hall–Kier alpha value is -4.06. The van der Waals surface area contributed by atoms with E-state index in [0.717, 1.165) is 11.1 Å². The van der Waals surface area contributed by atoms with E-state index in [1.54, 1.807) is 50.6 Å². The Bertz CT molecular complexity index is 1170. The lowest BCUT2D eigenvalue weighted by molar-refractivity contribution is -0.139.